The first-order valence-electron chi connectivity index (χ1n) is 7.28. The zero-order valence-electron chi connectivity index (χ0n) is 11.9. The van der Waals surface area contributed by atoms with Crippen LogP contribution in [-0.2, 0) is 4.79 Å². The SMILES string of the molecule is CCC(NC(=O)C1CCCC(C(F)(F)F)C1)c1ncc[nH]1. The van der Waals surface area contributed by atoms with Gasteiger partial charge in [-0.3, -0.25) is 4.79 Å². The van der Waals surface area contributed by atoms with E-state index < -0.39 is 18.0 Å². The first-order valence-corrected chi connectivity index (χ1v) is 7.28. The van der Waals surface area contributed by atoms with Crippen molar-refractivity contribution in [2.45, 2.75) is 51.2 Å². The van der Waals surface area contributed by atoms with Crippen molar-refractivity contribution in [3.8, 4) is 0 Å². The Bertz CT molecular complexity index is 459. The van der Waals surface area contributed by atoms with Crippen molar-refractivity contribution < 1.29 is 18.0 Å². The molecule has 0 spiro atoms. The van der Waals surface area contributed by atoms with E-state index in [1.807, 2.05) is 6.92 Å². The number of halogens is 3. The largest absolute Gasteiger partial charge is 0.391 e. The summed E-state index contributed by atoms with van der Waals surface area (Å²) in [5.74, 6) is -1.58. The van der Waals surface area contributed by atoms with Crippen molar-refractivity contribution in [2.75, 3.05) is 0 Å². The van der Waals surface area contributed by atoms with Gasteiger partial charge in [-0.15, -0.1) is 0 Å². The number of H-pyrrole nitrogens is 1. The highest BCUT2D eigenvalue weighted by molar-refractivity contribution is 5.79. The first kappa shape index (κ1) is 15.9. The minimum absolute atomic E-state index is 0.107. The average molecular weight is 303 g/mol. The molecule has 2 N–H and O–H groups in total. The molecule has 1 fully saturated rings. The molecular weight excluding hydrogens is 283 g/mol. The first-order chi connectivity index (χ1) is 9.91. The highest BCUT2D eigenvalue weighted by Crippen LogP contribution is 2.40. The minimum atomic E-state index is -4.20. The van der Waals surface area contributed by atoms with Gasteiger partial charge in [0.2, 0.25) is 5.91 Å². The van der Waals surface area contributed by atoms with E-state index in [1.54, 1.807) is 12.4 Å². The van der Waals surface area contributed by atoms with Crippen LogP contribution < -0.4 is 5.32 Å². The number of hydrogen-bond acceptors (Lipinski definition) is 2. The lowest BCUT2D eigenvalue weighted by Gasteiger charge is -2.30. The Hall–Kier alpha value is -1.53. The average Bonchev–Trinajstić information content (AvgIpc) is 2.97. The molecule has 2 rings (SSSR count). The topological polar surface area (TPSA) is 57.8 Å². The molecule has 1 aliphatic carbocycles. The van der Waals surface area contributed by atoms with Gasteiger partial charge in [-0.05, 0) is 25.7 Å². The maximum atomic E-state index is 12.8. The number of carbonyl (C=O) groups excluding carboxylic acids is 1. The van der Waals surface area contributed by atoms with E-state index in [4.69, 9.17) is 0 Å². The Morgan fingerprint density at radius 3 is 2.86 bits per heavy atom. The molecule has 1 aromatic heterocycles. The van der Waals surface area contributed by atoms with Crippen LogP contribution in [0.4, 0.5) is 13.2 Å². The molecule has 3 unspecified atom stereocenters. The fourth-order valence-electron chi connectivity index (χ4n) is 2.85. The lowest BCUT2D eigenvalue weighted by Crippen LogP contribution is -2.39. The fraction of sp³-hybridized carbons (Fsp3) is 0.714. The number of carbonyl (C=O) groups is 1. The van der Waals surface area contributed by atoms with Crippen molar-refractivity contribution in [3.05, 3.63) is 18.2 Å². The smallest absolute Gasteiger partial charge is 0.347 e. The van der Waals surface area contributed by atoms with Crippen molar-refractivity contribution in [3.63, 3.8) is 0 Å². The van der Waals surface area contributed by atoms with Gasteiger partial charge >= 0.3 is 6.18 Å². The Balaban J connectivity index is 1.96. The summed E-state index contributed by atoms with van der Waals surface area (Å²) in [5.41, 5.74) is 0. The summed E-state index contributed by atoms with van der Waals surface area (Å²) in [6.07, 6.45) is 0.660. The van der Waals surface area contributed by atoms with Gasteiger partial charge in [0.05, 0.1) is 12.0 Å². The zero-order chi connectivity index (χ0) is 15.5. The second-order valence-electron chi connectivity index (χ2n) is 5.55. The van der Waals surface area contributed by atoms with Crippen LogP contribution in [0.1, 0.15) is 50.9 Å². The second kappa shape index (κ2) is 6.49. The van der Waals surface area contributed by atoms with Crippen LogP contribution in [0.2, 0.25) is 0 Å². The summed E-state index contributed by atoms with van der Waals surface area (Å²) >= 11 is 0. The molecule has 0 aromatic carbocycles. The number of alkyl halides is 3. The van der Waals surface area contributed by atoms with Crippen LogP contribution in [0.25, 0.3) is 0 Å². The van der Waals surface area contributed by atoms with Gasteiger partial charge in [0.25, 0.3) is 0 Å². The molecule has 21 heavy (non-hydrogen) atoms. The second-order valence-corrected chi connectivity index (χ2v) is 5.55. The van der Waals surface area contributed by atoms with E-state index in [1.165, 1.54) is 0 Å². The van der Waals surface area contributed by atoms with Crippen molar-refractivity contribution in [1.29, 1.82) is 0 Å². The molecule has 0 radical (unpaired) electrons. The number of aromatic amines is 1. The predicted octanol–water partition coefficient (Wildman–Crippen LogP) is 3.35. The third-order valence-electron chi connectivity index (χ3n) is 4.08. The molecular formula is C14H20F3N3O. The summed E-state index contributed by atoms with van der Waals surface area (Å²) in [7, 11) is 0. The molecule has 3 atom stereocenters. The van der Waals surface area contributed by atoms with Crippen LogP contribution in [0.3, 0.4) is 0 Å². The van der Waals surface area contributed by atoms with Crippen LogP contribution in [0.15, 0.2) is 12.4 Å². The molecule has 1 aromatic rings. The third-order valence-corrected chi connectivity index (χ3v) is 4.08. The summed E-state index contributed by atoms with van der Waals surface area (Å²) in [4.78, 5) is 19.2. The molecule has 0 saturated heterocycles. The van der Waals surface area contributed by atoms with Gasteiger partial charge in [0.15, 0.2) is 0 Å². The number of rotatable bonds is 4. The number of imidazole rings is 1. The molecule has 4 nitrogen and oxygen atoms in total. The lowest BCUT2D eigenvalue weighted by atomic mass is 9.80. The molecule has 1 amide bonds. The lowest BCUT2D eigenvalue weighted by molar-refractivity contribution is -0.186. The minimum Gasteiger partial charge on any atom is -0.347 e. The van der Waals surface area contributed by atoms with Crippen LogP contribution in [0, 0.1) is 11.8 Å². The predicted molar refractivity (Wildman–Crippen MR) is 71.3 cm³/mol. The number of hydrogen-bond donors (Lipinski definition) is 2. The van der Waals surface area contributed by atoms with Crippen molar-refractivity contribution >= 4 is 5.91 Å². The van der Waals surface area contributed by atoms with Crippen LogP contribution in [-0.4, -0.2) is 22.1 Å². The Morgan fingerprint density at radius 2 is 2.29 bits per heavy atom. The summed E-state index contributed by atoms with van der Waals surface area (Å²) < 4.78 is 38.3. The van der Waals surface area contributed by atoms with Crippen molar-refractivity contribution in [1.82, 2.24) is 15.3 Å². The van der Waals surface area contributed by atoms with Gasteiger partial charge in [0, 0.05) is 18.3 Å². The number of aromatic nitrogens is 2. The van der Waals surface area contributed by atoms with Crippen molar-refractivity contribution in [2.24, 2.45) is 11.8 Å². The molecule has 1 saturated carbocycles. The zero-order valence-corrected chi connectivity index (χ0v) is 11.9. The maximum Gasteiger partial charge on any atom is 0.391 e. The van der Waals surface area contributed by atoms with E-state index in [9.17, 15) is 18.0 Å². The van der Waals surface area contributed by atoms with E-state index in [-0.39, 0.29) is 24.8 Å². The molecule has 1 heterocycles. The van der Waals surface area contributed by atoms with E-state index >= 15 is 0 Å². The highest BCUT2D eigenvalue weighted by Gasteiger charge is 2.43. The summed E-state index contributed by atoms with van der Waals surface area (Å²) in [6.45, 7) is 1.90. The quantitative estimate of drug-likeness (QED) is 0.896. The maximum absolute atomic E-state index is 12.8. The number of nitrogens with zero attached hydrogens (tertiary/aromatic N) is 1. The summed E-state index contributed by atoms with van der Waals surface area (Å²) in [5, 5.41) is 2.81. The van der Waals surface area contributed by atoms with Gasteiger partial charge in [0.1, 0.15) is 5.82 Å². The fourth-order valence-corrected chi connectivity index (χ4v) is 2.85. The Labute approximate surface area is 121 Å². The molecule has 1 aliphatic rings. The van der Waals surface area contributed by atoms with E-state index in [0.29, 0.717) is 25.1 Å². The van der Waals surface area contributed by atoms with Crippen LogP contribution in [0.5, 0.6) is 0 Å². The Morgan fingerprint density at radius 1 is 1.52 bits per heavy atom. The number of amides is 1. The summed E-state index contributed by atoms with van der Waals surface area (Å²) in [6, 6.07) is -0.279. The number of nitrogens with one attached hydrogen (secondary N) is 2. The molecule has 7 heteroatoms. The standard InChI is InChI=1S/C14H20F3N3O/c1-2-11(12-18-6-7-19-12)20-13(21)9-4-3-5-10(8-9)14(15,16)17/h6-7,9-11H,2-5,8H2,1H3,(H,18,19)(H,20,21). The highest BCUT2D eigenvalue weighted by atomic mass is 19.4. The molecule has 0 bridgehead atoms. The monoisotopic (exact) mass is 303 g/mol. The molecule has 0 aliphatic heterocycles. The molecule has 118 valence electrons. The normalized spacial score (nSPS) is 24.6. The van der Waals surface area contributed by atoms with Gasteiger partial charge in [-0.1, -0.05) is 13.3 Å². The van der Waals surface area contributed by atoms with E-state index in [2.05, 4.69) is 15.3 Å². The van der Waals surface area contributed by atoms with Crippen LogP contribution >= 0.6 is 0 Å². The third kappa shape index (κ3) is 3.98. The van der Waals surface area contributed by atoms with Gasteiger partial charge < -0.3 is 10.3 Å². The van der Waals surface area contributed by atoms with Gasteiger partial charge in [-0.2, -0.15) is 13.2 Å². The van der Waals surface area contributed by atoms with Gasteiger partial charge in [-0.25, -0.2) is 4.98 Å². The van der Waals surface area contributed by atoms with E-state index in [0.717, 1.165) is 0 Å². The Kier molecular flexibility index (Phi) is 4.90.